The maximum atomic E-state index is 12.3. The van der Waals surface area contributed by atoms with Gasteiger partial charge in [0, 0.05) is 13.1 Å². The third kappa shape index (κ3) is 3.04. The van der Waals surface area contributed by atoms with Crippen LogP contribution in [0.4, 0.5) is 0 Å². The number of fused-ring (bicyclic) bond motifs is 1. The van der Waals surface area contributed by atoms with Crippen molar-refractivity contribution in [2.75, 3.05) is 13.3 Å². The largest absolute Gasteiger partial charge is 0.454 e. The van der Waals surface area contributed by atoms with E-state index in [0.29, 0.717) is 13.1 Å². The molecule has 1 amide bonds. The van der Waals surface area contributed by atoms with Gasteiger partial charge in [-0.05, 0) is 30.5 Å². The van der Waals surface area contributed by atoms with Crippen molar-refractivity contribution in [3.8, 4) is 11.5 Å². The van der Waals surface area contributed by atoms with Gasteiger partial charge in [-0.1, -0.05) is 19.9 Å². The normalized spacial score (nSPS) is 14.4. The Morgan fingerprint density at radius 1 is 1.35 bits per heavy atom. The van der Waals surface area contributed by atoms with E-state index in [0.717, 1.165) is 17.1 Å². The molecule has 0 saturated heterocycles. The summed E-state index contributed by atoms with van der Waals surface area (Å²) in [7, 11) is 0. The average Bonchev–Trinajstić information content (AvgIpc) is 2.90. The molecule has 1 atom stereocenters. The van der Waals surface area contributed by atoms with Gasteiger partial charge in [-0.25, -0.2) is 0 Å². The molecule has 20 heavy (non-hydrogen) atoms. The second-order valence-electron chi connectivity index (χ2n) is 5.31. The highest BCUT2D eigenvalue weighted by molar-refractivity contribution is 5.81. The van der Waals surface area contributed by atoms with Crippen LogP contribution in [0.15, 0.2) is 18.2 Å². The van der Waals surface area contributed by atoms with E-state index in [9.17, 15) is 4.79 Å². The molecule has 0 saturated carbocycles. The Hall–Kier alpha value is -1.75. The summed E-state index contributed by atoms with van der Waals surface area (Å²) >= 11 is 0. The SMILES string of the molecule is CCN(Cc1ccc2c(c1)OCO2)C(=O)[C@H](N)C(C)C. The summed E-state index contributed by atoms with van der Waals surface area (Å²) in [5, 5.41) is 0. The second-order valence-corrected chi connectivity index (χ2v) is 5.31. The molecular weight excluding hydrogens is 256 g/mol. The number of hydrogen-bond donors (Lipinski definition) is 1. The molecule has 0 aromatic heterocycles. The van der Waals surface area contributed by atoms with Crippen LogP contribution in [0, 0.1) is 5.92 Å². The smallest absolute Gasteiger partial charge is 0.240 e. The minimum atomic E-state index is -0.455. The van der Waals surface area contributed by atoms with Gasteiger partial charge in [0.2, 0.25) is 12.7 Å². The fourth-order valence-corrected chi connectivity index (χ4v) is 2.10. The highest BCUT2D eigenvalue weighted by Gasteiger charge is 2.23. The minimum absolute atomic E-state index is 0.0137. The quantitative estimate of drug-likeness (QED) is 0.891. The average molecular weight is 278 g/mol. The van der Waals surface area contributed by atoms with Crippen LogP contribution in [0.1, 0.15) is 26.3 Å². The molecule has 1 aliphatic heterocycles. The van der Waals surface area contributed by atoms with Crippen molar-refractivity contribution >= 4 is 5.91 Å². The Morgan fingerprint density at radius 3 is 2.70 bits per heavy atom. The first-order valence-corrected chi connectivity index (χ1v) is 6.95. The van der Waals surface area contributed by atoms with Crippen LogP contribution in [0.5, 0.6) is 11.5 Å². The van der Waals surface area contributed by atoms with E-state index in [4.69, 9.17) is 15.2 Å². The fraction of sp³-hybridized carbons (Fsp3) is 0.533. The van der Waals surface area contributed by atoms with Crippen molar-refractivity contribution in [2.24, 2.45) is 11.7 Å². The van der Waals surface area contributed by atoms with Crippen molar-refractivity contribution in [3.05, 3.63) is 23.8 Å². The second kappa shape index (κ2) is 6.13. The van der Waals surface area contributed by atoms with Gasteiger partial charge in [0.05, 0.1) is 6.04 Å². The summed E-state index contributed by atoms with van der Waals surface area (Å²) in [5.74, 6) is 1.61. The van der Waals surface area contributed by atoms with Crippen LogP contribution in [-0.4, -0.2) is 30.2 Å². The molecular formula is C15H22N2O3. The number of hydrogen-bond acceptors (Lipinski definition) is 4. The lowest BCUT2D eigenvalue weighted by molar-refractivity contribution is -0.134. The molecule has 1 aliphatic rings. The summed E-state index contributed by atoms with van der Waals surface area (Å²) in [6.45, 7) is 7.29. The topological polar surface area (TPSA) is 64.8 Å². The lowest BCUT2D eigenvalue weighted by Crippen LogP contribution is -2.46. The lowest BCUT2D eigenvalue weighted by atomic mass is 10.0. The highest BCUT2D eigenvalue weighted by Crippen LogP contribution is 2.32. The molecule has 110 valence electrons. The Balaban J connectivity index is 2.08. The molecule has 1 aromatic carbocycles. The summed E-state index contributed by atoms with van der Waals surface area (Å²) in [6, 6.07) is 5.28. The first-order valence-electron chi connectivity index (χ1n) is 6.95. The van der Waals surface area contributed by atoms with Crippen LogP contribution in [0.2, 0.25) is 0 Å². The maximum absolute atomic E-state index is 12.3. The molecule has 0 bridgehead atoms. The molecule has 0 radical (unpaired) electrons. The van der Waals surface area contributed by atoms with E-state index in [1.807, 2.05) is 39.0 Å². The third-order valence-electron chi connectivity index (χ3n) is 3.51. The lowest BCUT2D eigenvalue weighted by Gasteiger charge is -2.26. The van der Waals surface area contributed by atoms with Gasteiger partial charge in [0.15, 0.2) is 11.5 Å². The van der Waals surface area contributed by atoms with E-state index in [2.05, 4.69) is 0 Å². The third-order valence-corrected chi connectivity index (χ3v) is 3.51. The Kier molecular flexibility index (Phi) is 4.49. The molecule has 0 unspecified atom stereocenters. The van der Waals surface area contributed by atoms with E-state index >= 15 is 0 Å². The molecule has 1 heterocycles. The Morgan fingerprint density at radius 2 is 2.05 bits per heavy atom. The van der Waals surface area contributed by atoms with Gasteiger partial charge < -0.3 is 20.1 Å². The fourth-order valence-electron chi connectivity index (χ4n) is 2.10. The maximum Gasteiger partial charge on any atom is 0.240 e. The first kappa shape index (κ1) is 14.7. The number of carbonyl (C=O) groups is 1. The van der Waals surface area contributed by atoms with Crippen LogP contribution in [-0.2, 0) is 11.3 Å². The summed E-state index contributed by atoms with van der Waals surface area (Å²) in [6.07, 6.45) is 0. The van der Waals surface area contributed by atoms with Crippen molar-refractivity contribution < 1.29 is 14.3 Å². The van der Waals surface area contributed by atoms with Gasteiger partial charge in [-0.3, -0.25) is 4.79 Å². The zero-order valence-corrected chi connectivity index (χ0v) is 12.3. The number of likely N-dealkylation sites (N-methyl/N-ethyl adjacent to an activating group) is 1. The van der Waals surface area contributed by atoms with Crippen molar-refractivity contribution in [3.63, 3.8) is 0 Å². The number of benzene rings is 1. The molecule has 2 rings (SSSR count). The molecule has 5 heteroatoms. The van der Waals surface area contributed by atoms with E-state index < -0.39 is 6.04 Å². The molecule has 0 spiro atoms. The summed E-state index contributed by atoms with van der Waals surface area (Å²) in [4.78, 5) is 14.1. The number of carbonyl (C=O) groups excluding carboxylic acids is 1. The van der Waals surface area contributed by atoms with Crippen LogP contribution in [0.25, 0.3) is 0 Å². The zero-order chi connectivity index (χ0) is 14.7. The predicted molar refractivity (Wildman–Crippen MR) is 76.5 cm³/mol. The number of ether oxygens (including phenoxy) is 2. The van der Waals surface area contributed by atoms with Crippen molar-refractivity contribution in [1.29, 1.82) is 0 Å². The van der Waals surface area contributed by atoms with E-state index in [-0.39, 0.29) is 18.6 Å². The number of amides is 1. The van der Waals surface area contributed by atoms with Gasteiger partial charge in [0.1, 0.15) is 0 Å². The van der Waals surface area contributed by atoms with Crippen LogP contribution < -0.4 is 15.2 Å². The number of rotatable bonds is 5. The number of nitrogens with zero attached hydrogens (tertiary/aromatic N) is 1. The van der Waals surface area contributed by atoms with E-state index in [1.165, 1.54) is 0 Å². The molecule has 5 nitrogen and oxygen atoms in total. The van der Waals surface area contributed by atoms with Crippen molar-refractivity contribution in [2.45, 2.75) is 33.4 Å². The van der Waals surface area contributed by atoms with Gasteiger partial charge >= 0.3 is 0 Å². The highest BCUT2D eigenvalue weighted by atomic mass is 16.7. The van der Waals surface area contributed by atoms with E-state index in [1.54, 1.807) is 4.90 Å². The van der Waals surface area contributed by atoms with Crippen molar-refractivity contribution in [1.82, 2.24) is 4.90 Å². The monoisotopic (exact) mass is 278 g/mol. The standard InChI is InChI=1S/C15H22N2O3/c1-4-17(15(18)14(16)10(2)3)8-11-5-6-12-13(7-11)20-9-19-12/h5-7,10,14H,4,8-9,16H2,1-3H3/t14-/m1/s1. The van der Waals surface area contributed by atoms with Gasteiger partial charge in [-0.2, -0.15) is 0 Å². The molecule has 0 aliphatic carbocycles. The molecule has 1 aromatic rings. The minimum Gasteiger partial charge on any atom is -0.454 e. The van der Waals surface area contributed by atoms with Crippen LogP contribution >= 0.6 is 0 Å². The van der Waals surface area contributed by atoms with Gasteiger partial charge in [0.25, 0.3) is 0 Å². The summed E-state index contributed by atoms with van der Waals surface area (Å²) < 4.78 is 10.6. The Labute approximate surface area is 119 Å². The predicted octanol–water partition coefficient (Wildman–Crippen LogP) is 1.75. The molecule has 0 fully saturated rings. The zero-order valence-electron chi connectivity index (χ0n) is 12.3. The summed E-state index contributed by atoms with van der Waals surface area (Å²) in [5.41, 5.74) is 6.96. The van der Waals surface area contributed by atoms with Crippen LogP contribution in [0.3, 0.4) is 0 Å². The Bertz CT molecular complexity index is 488. The van der Waals surface area contributed by atoms with Gasteiger partial charge in [-0.15, -0.1) is 0 Å². The first-order chi connectivity index (χ1) is 9.52. The molecule has 2 N–H and O–H groups in total. The number of nitrogens with two attached hydrogens (primary N) is 1.